The van der Waals surface area contributed by atoms with E-state index < -0.39 is 5.91 Å². The molecule has 19 heavy (non-hydrogen) atoms. The number of likely N-dealkylation sites (N-methyl/N-ethyl adjacent to an activating group) is 1. The van der Waals surface area contributed by atoms with Crippen LogP contribution in [0.2, 0.25) is 5.15 Å². The van der Waals surface area contributed by atoms with Crippen LogP contribution in [0, 0.1) is 0 Å². The summed E-state index contributed by atoms with van der Waals surface area (Å²) in [7, 11) is 1.26. The lowest BCUT2D eigenvalue weighted by atomic mass is 10.3. The zero-order valence-electron chi connectivity index (χ0n) is 10.5. The average molecular weight is 285 g/mol. The highest BCUT2D eigenvalue weighted by Crippen LogP contribution is 2.26. The summed E-state index contributed by atoms with van der Waals surface area (Å²) < 4.78 is 6.80. The standard InChI is InChI=1S/C11H13ClN4O3/c1-3-19-11-7-5-13-16(6-10(17)15(2)18)8(7)4-9(12)14-11/h4-5,18H,3,6H2,1-2H3. The maximum Gasteiger partial charge on any atom is 0.267 e. The van der Waals surface area contributed by atoms with Gasteiger partial charge in [-0.3, -0.25) is 14.7 Å². The molecule has 2 aromatic heterocycles. The minimum Gasteiger partial charge on any atom is -0.477 e. The Labute approximate surface area is 114 Å². The first-order valence-corrected chi connectivity index (χ1v) is 6.01. The largest absolute Gasteiger partial charge is 0.477 e. The second-order valence-electron chi connectivity index (χ2n) is 3.84. The lowest BCUT2D eigenvalue weighted by Crippen LogP contribution is -2.27. The van der Waals surface area contributed by atoms with Gasteiger partial charge in [0.2, 0.25) is 5.88 Å². The molecule has 0 bridgehead atoms. The number of hydrogen-bond donors (Lipinski definition) is 1. The van der Waals surface area contributed by atoms with E-state index in [2.05, 4.69) is 10.1 Å². The van der Waals surface area contributed by atoms with Crippen LogP contribution in [0.25, 0.3) is 10.9 Å². The molecule has 0 aliphatic heterocycles. The number of nitrogens with zero attached hydrogens (tertiary/aromatic N) is 4. The smallest absolute Gasteiger partial charge is 0.267 e. The van der Waals surface area contributed by atoms with Gasteiger partial charge in [0.25, 0.3) is 5.91 Å². The number of carbonyl (C=O) groups is 1. The van der Waals surface area contributed by atoms with E-state index in [-0.39, 0.29) is 11.7 Å². The Morgan fingerprint density at radius 1 is 1.63 bits per heavy atom. The van der Waals surface area contributed by atoms with E-state index in [1.54, 1.807) is 12.3 Å². The van der Waals surface area contributed by atoms with Crippen LogP contribution in [0.1, 0.15) is 6.92 Å². The molecule has 8 heteroatoms. The Bertz CT molecular complexity index is 611. The van der Waals surface area contributed by atoms with Crippen LogP contribution < -0.4 is 4.74 Å². The summed E-state index contributed by atoms with van der Waals surface area (Å²) >= 11 is 5.91. The van der Waals surface area contributed by atoms with E-state index in [9.17, 15) is 4.79 Å². The van der Waals surface area contributed by atoms with E-state index in [4.69, 9.17) is 21.5 Å². The van der Waals surface area contributed by atoms with E-state index in [0.717, 1.165) is 0 Å². The summed E-state index contributed by atoms with van der Waals surface area (Å²) in [6, 6.07) is 1.59. The monoisotopic (exact) mass is 284 g/mol. The minimum atomic E-state index is -0.490. The van der Waals surface area contributed by atoms with Crippen molar-refractivity contribution in [1.29, 1.82) is 0 Å². The average Bonchev–Trinajstić information content (AvgIpc) is 2.72. The quantitative estimate of drug-likeness (QED) is 0.520. The zero-order valence-corrected chi connectivity index (χ0v) is 11.3. The maximum atomic E-state index is 11.5. The molecule has 0 radical (unpaired) electrons. The fourth-order valence-electron chi connectivity index (χ4n) is 1.62. The number of aromatic nitrogens is 3. The Hall–Kier alpha value is -1.86. The van der Waals surface area contributed by atoms with Crippen LogP contribution in [-0.4, -0.2) is 44.6 Å². The summed E-state index contributed by atoms with van der Waals surface area (Å²) in [5, 5.41) is 14.6. The lowest BCUT2D eigenvalue weighted by Gasteiger charge is -2.09. The van der Waals surface area contributed by atoms with Gasteiger partial charge in [-0.05, 0) is 6.92 Å². The SMILES string of the molecule is CCOc1nc(Cl)cc2c1cnn2CC(=O)N(C)O. The highest BCUT2D eigenvalue weighted by atomic mass is 35.5. The van der Waals surface area contributed by atoms with Gasteiger partial charge >= 0.3 is 0 Å². The van der Waals surface area contributed by atoms with Crippen molar-refractivity contribution in [2.45, 2.75) is 13.5 Å². The van der Waals surface area contributed by atoms with Crippen molar-refractivity contribution < 1.29 is 14.7 Å². The van der Waals surface area contributed by atoms with Crippen molar-refractivity contribution >= 4 is 28.4 Å². The number of amides is 1. The third-order valence-electron chi connectivity index (χ3n) is 2.50. The van der Waals surface area contributed by atoms with Crippen LogP contribution >= 0.6 is 11.6 Å². The molecule has 0 atom stereocenters. The molecule has 2 aromatic rings. The van der Waals surface area contributed by atoms with Crippen LogP contribution in [0.5, 0.6) is 5.88 Å². The number of halogens is 1. The van der Waals surface area contributed by atoms with Crippen molar-refractivity contribution in [2.24, 2.45) is 0 Å². The van der Waals surface area contributed by atoms with Crippen molar-refractivity contribution in [3.8, 4) is 5.88 Å². The molecule has 1 amide bonds. The van der Waals surface area contributed by atoms with Crippen molar-refractivity contribution in [3.05, 3.63) is 17.4 Å². The third kappa shape index (κ3) is 2.77. The molecule has 0 saturated heterocycles. The number of carbonyl (C=O) groups excluding carboxylic acids is 1. The van der Waals surface area contributed by atoms with Crippen molar-refractivity contribution in [3.63, 3.8) is 0 Å². The van der Waals surface area contributed by atoms with Crippen LogP contribution in [0.3, 0.4) is 0 Å². The Balaban J connectivity index is 2.44. The fourth-order valence-corrected chi connectivity index (χ4v) is 1.80. The first kappa shape index (κ1) is 13.6. The second kappa shape index (κ2) is 5.41. The van der Waals surface area contributed by atoms with Gasteiger partial charge in [-0.1, -0.05) is 11.6 Å². The number of pyridine rings is 1. The van der Waals surface area contributed by atoms with Crippen molar-refractivity contribution in [2.75, 3.05) is 13.7 Å². The summed E-state index contributed by atoms with van der Waals surface area (Å²) in [5.74, 6) is -0.114. The number of hydrogen-bond acceptors (Lipinski definition) is 5. The molecule has 2 rings (SSSR count). The van der Waals surface area contributed by atoms with Gasteiger partial charge in [0.1, 0.15) is 11.7 Å². The van der Waals surface area contributed by atoms with Gasteiger partial charge < -0.3 is 4.74 Å². The number of rotatable bonds is 4. The minimum absolute atomic E-state index is 0.0948. The first-order valence-electron chi connectivity index (χ1n) is 5.63. The molecule has 2 heterocycles. The van der Waals surface area contributed by atoms with Gasteiger partial charge in [0, 0.05) is 13.1 Å². The zero-order chi connectivity index (χ0) is 14.0. The molecule has 7 nitrogen and oxygen atoms in total. The van der Waals surface area contributed by atoms with Crippen LogP contribution in [0.15, 0.2) is 12.3 Å². The predicted octanol–water partition coefficient (Wildman–Crippen LogP) is 1.33. The van der Waals surface area contributed by atoms with Gasteiger partial charge in [-0.25, -0.2) is 10.0 Å². The molecular weight excluding hydrogens is 272 g/mol. The molecule has 102 valence electrons. The van der Waals surface area contributed by atoms with E-state index >= 15 is 0 Å². The van der Waals surface area contributed by atoms with Crippen LogP contribution in [-0.2, 0) is 11.3 Å². The Kier molecular flexibility index (Phi) is 3.87. The second-order valence-corrected chi connectivity index (χ2v) is 4.22. The third-order valence-corrected chi connectivity index (χ3v) is 2.70. The highest BCUT2D eigenvalue weighted by molar-refractivity contribution is 6.30. The molecule has 0 unspecified atom stereocenters. The number of fused-ring (bicyclic) bond motifs is 1. The van der Waals surface area contributed by atoms with Gasteiger partial charge in [0.05, 0.1) is 23.7 Å². The fraction of sp³-hybridized carbons (Fsp3) is 0.364. The number of ether oxygens (including phenoxy) is 1. The molecule has 0 saturated carbocycles. The number of hydroxylamine groups is 2. The molecule has 0 fully saturated rings. The molecule has 0 spiro atoms. The molecule has 1 N–H and O–H groups in total. The van der Waals surface area contributed by atoms with Crippen LogP contribution in [0.4, 0.5) is 0 Å². The van der Waals surface area contributed by atoms with Crippen molar-refractivity contribution in [1.82, 2.24) is 19.8 Å². The predicted molar refractivity (Wildman–Crippen MR) is 68.3 cm³/mol. The first-order chi connectivity index (χ1) is 9.02. The summed E-state index contributed by atoms with van der Waals surface area (Å²) in [6.07, 6.45) is 1.55. The summed E-state index contributed by atoms with van der Waals surface area (Å²) in [6.45, 7) is 2.19. The van der Waals surface area contributed by atoms with E-state index in [1.165, 1.54) is 11.7 Å². The lowest BCUT2D eigenvalue weighted by molar-refractivity contribution is -0.160. The van der Waals surface area contributed by atoms with E-state index in [0.29, 0.717) is 28.5 Å². The highest BCUT2D eigenvalue weighted by Gasteiger charge is 2.14. The van der Waals surface area contributed by atoms with E-state index in [1.807, 2.05) is 6.92 Å². The topological polar surface area (TPSA) is 80.5 Å². The Morgan fingerprint density at radius 3 is 3.00 bits per heavy atom. The Morgan fingerprint density at radius 2 is 2.37 bits per heavy atom. The molecule has 0 aliphatic carbocycles. The molecular formula is C11H13ClN4O3. The van der Waals surface area contributed by atoms with Gasteiger partial charge in [-0.15, -0.1) is 0 Å². The van der Waals surface area contributed by atoms with Gasteiger partial charge in [0.15, 0.2) is 0 Å². The normalized spacial score (nSPS) is 10.7. The molecule has 0 aliphatic rings. The molecule has 0 aromatic carbocycles. The maximum absolute atomic E-state index is 11.5. The summed E-state index contributed by atoms with van der Waals surface area (Å²) in [5.41, 5.74) is 0.624. The van der Waals surface area contributed by atoms with Gasteiger partial charge in [-0.2, -0.15) is 5.10 Å². The summed E-state index contributed by atoms with van der Waals surface area (Å²) in [4.78, 5) is 15.5.